The van der Waals surface area contributed by atoms with Gasteiger partial charge in [0.15, 0.2) is 5.78 Å². The molecule has 0 aliphatic rings. The Morgan fingerprint density at radius 1 is 1.00 bits per heavy atom. The zero-order valence-electron chi connectivity index (χ0n) is 10.7. The second-order valence-corrected chi connectivity index (χ2v) is 4.89. The van der Waals surface area contributed by atoms with E-state index in [0.717, 1.165) is 0 Å². The quantitative estimate of drug-likeness (QED) is 0.664. The van der Waals surface area contributed by atoms with Gasteiger partial charge in [-0.25, -0.2) is 9.78 Å². The molecule has 2 rings (SSSR count). The minimum atomic E-state index is -0.371. The summed E-state index contributed by atoms with van der Waals surface area (Å²) in [6.07, 6.45) is 1.54. The van der Waals surface area contributed by atoms with Gasteiger partial charge in [-0.1, -0.05) is 0 Å². The Morgan fingerprint density at radius 2 is 1.60 bits per heavy atom. The fourth-order valence-electron chi connectivity index (χ4n) is 1.53. The highest BCUT2D eigenvalue weighted by molar-refractivity contribution is 9.10. The number of ketones is 1. The number of hydrogen-bond donors (Lipinski definition) is 2. The molecule has 0 spiro atoms. The average Bonchev–Trinajstić information content (AvgIpc) is 2.42. The summed E-state index contributed by atoms with van der Waals surface area (Å²) in [6.45, 7) is 1.50. The van der Waals surface area contributed by atoms with Crippen LogP contribution < -0.4 is 10.6 Å². The number of carbonyl (C=O) groups excluding carboxylic acids is 2. The number of halogens is 1. The summed E-state index contributed by atoms with van der Waals surface area (Å²) in [6, 6.07) is 9.78. The Morgan fingerprint density at radius 3 is 2.15 bits per heavy atom. The van der Waals surface area contributed by atoms with Crippen LogP contribution in [0.1, 0.15) is 17.3 Å². The molecule has 6 heteroatoms. The number of aromatic nitrogens is 1. The molecule has 0 atom stereocenters. The van der Waals surface area contributed by atoms with Crippen molar-refractivity contribution in [3.63, 3.8) is 0 Å². The highest BCUT2D eigenvalue weighted by atomic mass is 79.9. The van der Waals surface area contributed by atoms with E-state index in [-0.39, 0.29) is 11.8 Å². The molecule has 5 nitrogen and oxygen atoms in total. The third-order valence-electron chi connectivity index (χ3n) is 2.53. The number of carbonyl (C=O) groups is 2. The van der Waals surface area contributed by atoms with Gasteiger partial charge in [-0.2, -0.15) is 0 Å². The van der Waals surface area contributed by atoms with Crippen molar-refractivity contribution in [1.29, 1.82) is 0 Å². The first kappa shape index (κ1) is 14.2. The number of urea groups is 1. The molecule has 2 aromatic rings. The van der Waals surface area contributed by atoms with Crippen molar-refractivity contribution in [2.24, 2.45) is 0 Å². The molecule has 0 fully saturated rings. The SMILES string of the molecule is CC(=O)c1ccc(NC(=O)Nc2ccc(Br)nc2)cc1. The maximum atomic E-state index is 11.8. The molecule has 0 aliphatic carbocycles. The number of hydrogen-bond acceptors (Lipinski definition) is 3. The lowest BCUT2D eigenvalue weighted by atomic mass is 10.1. The summed E-state index contributed by atoms with van der Waals surface area (Å²) in [5.41, 5.74) is 1.80. The molecule has 2 amide bonds. The number of nitrogens with zero attached hydrogens (tertiary/aromatic N) is 1. The molecular formula is C14H12BrN3O2. The molecular weight excluding hydrogens is 322 g/mol. The first-order valence-electron chi connectivity index (χ1n) is 5.85. The molecule has 0 unspecified atom stereocenters. The van der Waals surface area contributed by atoms with Crippen LogP contribution in [0.5, 0.6) is 0 Å². The third kappa shape index (κ3) is 3.89. The average molecular weight is 334 g/mol. The second kappa shape index (κ2) is 6.29. The van der Waals surface area contributed by atoms with Gasteiger partial charge in [0.2, 0.25) is 0 Å². The molecule has 0 radical (unpaired) electrons. The predicted octanol–water partition coefficient (Wildman–Crippen LogP) is 3.69. The van der Waals surface area contributed by atoms with Gasteiger partial charge in [0.1, 0.15) is 4.60 Å². The highest BCUT2D eigenvalue weighted by Gasteiger charge is 2.04. The minimum absolute atomic E-state index is 0.0121. The first-order chi connectivity index (χ1) is 9.54. The molecule has 20 heavy (non-hydrogen) atoms. The molecule has 0 bridgehead atoms. The third-order valence-corrected chi connectivity index (χ3v) is 3.00. The van der Waals surface area contributed by atoms with Crippen molar-refractivity contribution in [1.82, 2.24) is 4.98 Å². The predicted molar refractivity (Wildman–Crippen MR) is 81.0 cm³/mol. The fraction of sp³-hybridized carbons (Fsp3) is 0.0714. The van der Waals surface area contributed by atoms with E-state index < -0.39 is 0 Å². The largest absolute Gasteiger partial charge is 0.323 e. The van der Waals surface area contributed by atoms with Gasteiger partial charge in [0, 0.05) is 11.3 Å². The van der Waals surface area contributed by atoms with Crippen molar-refractivity contribution in [3.05, 3.63) is 52.8 Å². The van der Waals surface area contributed by atoms with Gasteiger partial charge in [-0.3, -0.25) is 4.79 Å². The van der Waals surface area contributed by atoms with Gasteiger partial charge >= 0.3 is 6.03 Å². The zero-order valence-corrected chi connectivity index (χ0v) is 12.3. The summed E-state index contributed by atoms with van der Waals surface area (Å²) >= 11 is 3.22. The summed E-state index contributed by atoms with van der Waals surface area (Å²) in [4.78, 5) is 26.9. The van der Waals surface area contributed by atoms with E-state index in [0.29, 0.717) is 21.5 Å². The van der Waals surface area contributed by atoms with Crippen molar-refractivity contribution in [3.8, 4) is 0 Å². The van der Waals surface area contributed by atoms with E-state index in [1.165, 1.54) is 6.92 Å². The summed E-state index contributed by atoms with van der Waals surface area (Å²) in [5, 5.41) is 5.32. The smallest absolute Gasteiger partial charge is 0.308 e. The number of nitrogens with one attached hydrogen (secondary N) is 2. The van der Waals surface area contributed by atoms with E-state index in [1.807, 2.05) is 0 Å². The fourth-order valence-corrected chi connectivity index (χ4v) is 1.77. The number of anilines is 2. The zero-order chi connectivity index (χ0) is 14.5. The van der Waals surface area contributed by atoms with Crippen LogP contribution in [-0.2, 0) is 0 Å². The van der Waals surface area contributed by atoms with Crippen LogP contribution >= 0.6 is 15.9 Å². The number of Topliss-reactive ketones (excluding diaryl/α,β-unsaturated/α-hetero) is 1. The Balaban J connectivity index is 1.97. The molecule has 1 aromatic heterocycles. The molecule has 0 aliphatic heterocycles. The lowest BCUT2D eigenvalue weighted by Crippen LogP contribution is -2.19. The van der Waals surface area contributed by atoms with Crippen LogP contribution in [0.2, 0.25) is 0 Å². The van der Waals surface area contributed by atoms with Gasteiger partial charge in [0.25, 0.3) is 0 Å². The monoisotopic (exact) mass is 333 g/mol. The highest BCUT2D eigenvalue weighted by Crippen LogP contribution is 2.13. The molecule has 1 heterocycles. The van der Waals surface area contributed by atoms with Crippen LogP contribution in [0.4, 0.5) is 16.2 Å². The van der Waals surface area contributed by atoms with Crippen molar-refractivity contribution < 1.29 is 9.59 Å². The Bertz CT molecular complexity index is 624. The van der Waals surface area contributed by atoms with Crippen LogP contribution in [0.3, 0.4) is 0 Å². The number of amides is 2. The van der Waals surface area contributed by atoms with Crippen LogP contribution in [0.25, 0.3) is 0 Å². The Labute approximate surface area is 124 Å². The van der Waals surface area contributed by atoms with Crippen molar-refractivity contribution >= 4 is 39.1 Å². The van der Waals surface area contributed by atoms with Gasteiger partial charge < -0.3 is 10.6 Å². The van der Waals surface area contributed by atoms with E-state index in [4.69, 9.17) is 0 Å². The normalized spacial score (nSPS) is 9.90. The Kier molecular flexibility index (Phi) is 4.47. The topological polar surface area (TPSA) is 71.1 Å². The van der Waals surface area contributed by atoms with Crippen LogP contribution in [0, 0.1) is 0 Å². The van der Waals surface area contributed by atoms with E-state index in [2.05, 4.69) is 31.5 Å². The number of rotatable bonds is 3. The maximum absolute atomic E-state index is 11.8. The van der Waals surface area contributed by atoms with Crippen LogP contribution in [0.15, 0.2) is 47.2 Å². The summed E-state index contributed by atoms with van der Waals surface area (Å²) in [7, 11) is 0. The standard InChI is InChI=1S/C14H12BrN3O2/c1-9(19)10-2-4-11(5-3-10)17-14(20)18-12-6-7-13(15)16-8-12/h2-8H,1H3,(H2,17,18,20). The van der Waals surface area contributed by atoms with Crippen molar-refractivity contribution in [2.75, 3.05) is 10.6 Å². The molecule has 0 saturated carbocycles. The van der Waals surface area contributed by atoms with Gasteiger partial charge in [0.05, 0.1) is 11.9 Å². The van der Waals surface area contributed by atoms with E-state index >= 15 is 0 Å². The maximum Gasteiger partial charge on any atom is 0.323 e. The molecule has 0 saturated heterocycles. The van der Waals surface area contributed by atoms with Gasteiger partial charge in [-0.05, 0) is 59.3 Å². The Hall–Kier alpha value is -2.21. The van der Waals surface area contributed by atoms with Gasteiger partial charge in [-0.15, -0.1) is 0 Å². The lowest BCUT2D eigenvalue weighted by molar-refractivity contribution is 0.101. The molecule has 1 aromatic carbocycles. The van der Waals surface area contributed by atoms with E-state index in [1.54, 1.807) is 42.6 Å². The molecule has 102 valence electrons. The second-order valence-electron chi connectivity index (χ2n) is 4.08. The van der Waals surface area contributed by atoms with E-state index in [9.17, 15) is 9.59 Å². The summed E-state index contributed by atoms with van der Waals surface area (Å²) in [5.74, 6) is -0.0121. The number of benzene rings is 1. The number of pyridine rings is 1. The summed E-state index contributed by atoms with van der Waals surface area (Å²) < 4.78 is 0.697. The van der Waals surface area contributed by atoms with Crippen molar-refractivity contribution in [2.45, 2.75) is 6.92 Å². The lowest BCUT2D eigenvalue weighted by Gasteiger charge is -2.07. The first-order valence-corrected chi connectivity index (χ1v) is 6.64. The minimum Gasteiger partial charge on any atom is -0.308 e. The van der Waals surface area contributed by atoms with Crippen LogP contribution in [-0.4, -0.2) is 16.8 Å². The molecule has 2 N–H and O–H groups in total.